The van der Waals surface area contributed by atoms with E-state index >= 15 is 0 Å². The second kappa shape index (κ2) is 4.05. The Morgan fingerprint density at radius 1 is 1.35 bits per heavy atom. The molecule has 17 heavy (non-hydrogen) atoms. The third kappa shape index (κ3) is 2.06. The third-order valence-corrected chi connectivity index (χ3v) is 2.65. The summed E-state index contributed by atoms with van der Waals surface area (Å²) in [6, 6.07) is 5.29. The van der Waals surface area contributed by atoms with Crippen molar-refractivity contribution in [1.82, 2.24) is 0 Å². The van der Waals surface area contributed by atoms with E-state index in [0.717, 1.165) is 10.9 Å². The lowest BCUT2D eigenvalue weighted by Gasteiger charge is -1.97. The molecule has 0 fully saturated rings. The van der Waals surface area contributed by atoms with Gasteiger partial charge in [0.2, 0.25) is 5.76 Å². The maximum absolute atomic E-state index is 11.0. The summed E-state index contributed by atoms with van der Waals surface area (Å²) in [6.45, 7) is 3.22. The number of carbonyl (C=O) groups excluding carboxylic acids is 1. The van der Waals surface area contributed by atoms with Crippen LogP contribution in [0.3, 0.4) is 0 Å². The number of carboxylic acid groups (broad SMARTS) is 1. The van der Waals surface area contributed by atoms with Crippen LogP contribution in [0.25, 0.3) is 11.0 Å². The molecule has 1 aromatic heterocycles. The molecule has 2 rings (SSSR count). The van der Waals surface area contributed by atoms with Crippen LogP contribution in [0.1, 0.15) is 28.6 Å². The molecule has 0 spiro atoms. The second-order valence-electron chi connectivity index (χ2n) is 4.07. The summed E-state index contributed by atoms with van der Waals surface area (Å²) in [6.07, 6.45) is 0.350. The summed E-state index contributed by atoms with van der Waals surface area (Å²) in [5, 5.41) is 9.68. The maximum atomic E-state index is 11.0. The van der Waals surface area contributed by atoms with Gasteiger partial charge in [-0.2, -0.15) is 0 Å². The molecular weight excluding hydrogens is 220 g/mol. The summed E-state index contributed by atoms with van der Waals surface area (Å²) in [7, 11) is 0. The van der Waals surface area contributed by atoms with E-state index in [-0.39, 0.29) is 11.5 Å². The van der Waals surface area contributed by atoms with Gasteiger partial charge in [-0.15, -0.1) is 0 Å². The predicted octanol–water partition coefficient (Wildman–Crippen LogP) is 2.57. The number of furan rings is 1. The molecule has 0 bridgehead atoms. The molecule has 0 saturated carbocycles. The number of hydrogen-bond donors (Lipinski definition) is 1. The molecule has 0 unspecified atom stereocenters. The Kier molecular flexibility index (Phi) is 2.71. The van der Waals surface area contributed by atoms with Gasteiger partial charge in [0.15, 0.2) is 0 Å². The fourth-order valence-electron chi connectivity index (χ4n) is 1.87. The highest BCUT2D eigenvalue weighted by atomic mass is 16.4. The molecule has 4 nitrogen and oxygen atoms in total. The van der Waals surface area contributed by atoms with E-state index in [9.17, 15) is 9.59 Å². The Morgan fingerprint density at radius 2 is 2.06 bits per heavy atom. The average molecular weight is 232 g/mol. The van der Waals surface area contributed by atoms with Crippen molar-refractivity contribution in [2.45, 2.75) is 20.3 Å². The number of aryl methyl sites for hydroxylation is 1. The molecule has 88 valence electrons. The molecular formula is C13H12O4. The number of Topliss-reactive ketones (excluding diaryl/α,β-unsaturated/α-hetero) is 1. The Hall–Kier alpha value is -2.10. The lowest BCUT2D eigenvalue weighted by Crippen LogP contribution is -1.96. The maximum Gasteiger partial charge on any atom is 0.372 e. The van der Waals surface area contributed by atoms with E-state index in [1.165, 1.54) is 6.92 Å². The fourth-order valence-corrected chi connectivity index (χ4v) is 1.87. The minimum Gasteiger partial charge on any atom is -0.475 e. The average Bonchev–Trinajstić information content (AvgIpc) is 2.56. The largest absolute Gasteiger partial charge is 0.475 e. The Labute approximate surface area is 97.8 Å². The minimum atomic E-state index is -1.08. The SMILES string of the molecule is CC(=O)Cc1ccc2oc(C(=O)O)c(C)c2c1. The first-order valence-electron chi connectivity index (χ1n) is 5.24. The lowest BCUT2D eigenvalue weighted by atomic mass is 10.1. The van der Waals surface area contributed by atoms with Gasteiger partial charge >= 0.3 is 5.97 Å². The standard InChI is InChI=1S/C13H12O4/c1-7(14)5-9-3-4-11-10(6-9)8(2)12(17-11)13(15)16/h3-4,6H,5H2,1-2H3,(H,15,16). The fraction of sp³-hybridized carbons (Fsp3) is 0.231. The number of fused-ring (bicyclic) bond motifs is 1. The van der Waals surface area contributed by atoms with Crippen molar-refractivity contribution in [2.75, 3.05) is 0 Å². The molecule has 0 amide bonds. The van der Waals surface area contributed by atoms with E-state index in [4.69, 9.17) is 9.52 Å². The van der Waals surface area contributed by atoms with Crippen LogP contribution < -0.4 is 0 Å². The number of carboxylic acids is 1. The van der Waals surface area contributed by atoms with E-state index in [2.05, 4.69) is 0 Å². The van der Waals surface area contributed by atoms with Crippen LogP contribution in [0.4, 0.5) is 0 Å². The van der Waals surface area contributed by atoms with Crippen molar-refractivity contribution < 1.29 is 19.1 Å². The second-order valence-corrected chi connectivity index (χ2v) is 4.07. The van der Waals surface area contributed by atoms with E-state index in [1.807, 2.05) is 6.07 Å². The first-order chi connectivity index (χ1) is 7.99. The highest BCUT2D eigenvalue weighted by Crippen LogP contribution is 2.26. The highest BCUT2D eigenvalue weighted by Gasteiger charge is 2.16. The van der Waals surface area contributed by atoms with Gasteiger partial charge in [-0.25, -0.2) is 4.79 Å². The van der Waals surface area contributed by atoms with Crippen molar-refractivity contribution in [3.05, 3.63) is 35.1 Å². The number of aromatic carboxylic acids is 1. The monoisotopic (exact) mass is 232 g/mol. The zero-order valence-corrected chi connectivity index (χ0v) is 9.61. The molecule has 0 aliphatic rings. The van der Waals surface area contributed by atoms with Gasteiger partial charge < -0.3 is 9.52 Å². The number of hydrogen-bond acceptors (Lipinski definition) is 3. The number of benzene rings is 1. The molecule has 2 aromatic rings. The van der Waals surface area contributed by atoms with Gasteiger partial charge in [0, 0.05) is 17.4 Å². The van der Waals surface area contributed by atoms with Gasteiger partial charge in [0.05, 0.1) is 0 Å². The first kappa shape index (κ1) is 11.4. The van der Waals surface area contributed by atoms with Gasteiger partial charge in [-0.1, -0.05) is 6.07 Å². The molecule has 4 heteroatoms. The molecule has 0 atom stereocenters. The lowest BCUT2D eigenvalue weighted by molar-refractivity contribution is -0.116. The van der Waals surface area contributed by atoms with Crippen LogP contribution in [-0.2, 0) is 11.2 Å². The number of carbonyl (C=O) groups is 2. The normalized spacial score (nSPS) is 10.7. The van der Waals surface area contributed by atoms with Crippen LogP contribution >= 0.6 is 0 Å². The van der Waals surface area contributed by atoms with Crippen molar-refractivity contribution >= 4 is 22.7 Å². The molecule has 0 saturated heterocycles. The predicted molar refractivity (Wildman–Crippen MR) is 62.3 cm³/mol. The Balaban J connectivity index is 2.57. The van der Waals surface area contributed by atoms with Gasteiger partial charge in [-0.05, 0) is 31.5 Å². The Morgan fingerprint density at radius 3 is 2.65 bits per heavy atom. The minimum absolute atomic E-state index is 0.0417. The molecule has 1 aromatic carbocycles. The molecule has 1 N–H and O–H groups in total. The third-order valence-electron chi connectivity index (χ3n) is 2.65. The molecule has 1 heterocycles. The summed E-state index contributed by atoms with van der Waals surface area (Å²) in [4.78, 5) is 21.9. The summed E-state index contributed by atoms with van der Waals surface area (Å²) < 4.78 is 5.24. The first-order valence-corrected chi connectivity index (χ1v) is 5.24. The highest BCUT2D eigenvalue weighted by molar-refractivity contribution is 5.95. The molecule has 0 aliphatic heterocycles. The topological polar surface area (TPSA) is 67.5 Å². The van der Waals surface area contributed by atoms with Crippen molar-refractivity contribution in [1.29, 1.82) is 0 Å². The van der Waals surface area contributed by atoms with E-state index < -0.39 is 5.97 Å². The van der Waals surface area contributed by atoms with E-state index in [1.54, 1.807) is 19.1 Å². The molecule has 0 radical (unpaired) electrons. The van der Waals surface area contributed by atoms with Crippen molar-refractivity contribution in [2.24, 2.45) is 0 Å². The zero-order chi connectivity index (χ0) is 12.6. The van der Waals surface area contributed by atoms with Crippen LogP contribution in [0.2, 0.25) is 0 Å². The van der Waals surface area contributed by atoms with Crippen molar-refractivity contribution in [3.63, 3.8) is 0 Å². The van der Waals surface area contributed by atoms with Crippen LogP contribution in [-0.4, -0.2) is 16.9 Å². The Bertz CT molecular complexity index is 607. The van der Waals surface area contributed by atoms with Gasteiger partial charge in [0.1, 0.15) is 11.4 Å². The van der Waals surface area contributed by atoms with Crippen LogP contribution in [0.15, 0.2) is 22.6 Å². The summed E-state index contributed by atoms with van der Waals surface area (Å²) >= 11 is 0. The number of rotatable bonds is 3. The smallest absolute Gasteiger partial charge is 0.372 e. The van der Waals surface area contributed by atoms with Gasteiger partial charge in [0.25, 0.3) is 0 Å². The van der Waals surface area contributed by atoms with Crippen LogP contribution in [0, 0.1) is 6.92 Å². The van der Waals surface area contributed by atoms with Crippen LogP contribution in [0.5, 0.6) is 0 Å². The summed E-state index contributed by atoms with van der Waals surface area (Å²) in [5.74, 6) is -1.05. The zero-order valence-electron chi connectivity index (χ0n) is 9.61. The van der Waals surface area contributed by atoms with E-state index in [0.29, 0.717) is 17.6 Å². The van der Waals surface area contributed by atoms with Crippen molar-refractivity contribution in [3.8, 4) is 0 Å². The summed E-state index contributed by atoms with van der Waals surface area (Å²) in [5.41, 5.74) is 2.00. The number of ketones is 1. The molecule has 0 aliphatic carbocycles. The quantitative estimate of drug-likeness (QED) is 0.883. The van der Waals surface area contributed by atoms with Gasteiger partial charge in [-0.3, -0.25) is 4.79 Å².